The summed E-state index contributed by atoms with van der Waals surface area (Å²) in [4.78, 5) is 28.8. The van der Waals surface area contributed by atoms with E-state index in [0.717, 1.165) is 11.3 Å². The van der Waals surface area contributed by atoms with Gasteiger partial charge in [-0.1, -0.05) is 50.2 Å². The van der Waals surface area contributed by atoms with Crippen LogP contribution in [-0.2, 0) is 11.4 Å². The van der Waals surface area contributed by atoms with Crippen LogP contribution in [0.4, 0.5) is 0 Å². The molecule has 5 heteroatoms. The summed E-state index contributed by atoms with van der Waals surface area (Å²) in [6.45, 7) is 6.45. The molecule has 2 aromatic rings. The number of amides is 2. The highest BCUT2D eigenvalue weighted by atomic mass is 16.5. The number of carbonyl (C=O) groups is 2. The van der Waals surface area contributed by atoms with Crippen LogP contribution in [0.5, 0.6) is 5.75 Å². The monoisotopic (exact) mass is 366 g/mol. The number of rotatable bonds is 5. The van der Waals surface area contributed by atoms with E-state index in [4.69, 9.17) is 4.74 Å². The first-order valence-electron chi connectivity index (χ1n) is 9.40. The first-order chi connectivity index (χ1) is 13.1. The van der Waals surface area contributed by atoms with Gasteiger partial charge in [-0.2, -0.15) is 0 Å². The average molecular weight is 366 g/mol. The molecule has 142 valence electrons. The lowest BCUT2D eigenvalue weighted by atomic mass is 10.1. The molecule has 0 N–H and O–H groups in total. The fourth-order valence-corrected chi connectivity index (χ4v) is 3.20. The molecular formula is C22H26N2O3. The van der Waals surface area contributed by atoms with Crippen LogP contribution in [0.25, 0.3) is 0 Å². The van der Waals surface area contributed by atoms with Crippen LogP contribution in [0.15, 0.2) is 54.6 Å². The van der Waals surface area contributed by atoms with E-state index in [9.17, 15) is 9.59 Å². The van der Waals surface area contributed by atoms with Gasteiger partial charge in [0.25, 0.3) is 5.91 Å². The first kappa shape index (κ1) is 19.0. The molecule has 0 spiro atoms. The maximum Gasteiger partial charge on any atom is 0.254 e. The highest BCUT2D eigenvalue weighted by Gasteiger charge is 2.26. The lowest BCUT2D eigenvalue weighted by Gasteiger charge is -2.35. The third-order valence-corrected chi connectivity index (χ3v) is 4.76. The third kappa shape index (κ3) is 4.67. The Morgan fingerprint density at radius 3 is 2.15 bits per heavy atom. The molecule has 0 unspecified atom stereocenters. The highest BCUT2D eigenvalue weighted by Crippen LogP contribution is 2.17. The topological polar surface area (TPSA) is 49.9 Å². The SMILES string of the molecule is CC(C)C(=O)N1CCN(C(=O)c2ccccc2COc2ccccc2)CC1. The van der Waals surface area contributed by atoms with Crippen molar-refractivity contribution >= 4 is 11.8 Å². The van der Waals surface area contributed by atoms with E-state index < -0.39 is 0 Å². The highest BCUT2D eigenvalue weighted by molar-refractivity contribution is 5.95. The Morgan fingerprint density at radius 2 is 1.48 bits per heavy atom. The van der Waals surface area contributed by atoms with E-state index in [1.54, 1.807) is 0 Å². The summed E-state index contributed by atoms with van der Waals surface area (Å²) in [5.74, 6) is 0.918. The van der Waals surface area contributed by atoms with Crippen molar-refractivity contribution < 1.29 is 14.3 Å². The van der Waals surface area contributed by atoms with Crippen molar-refractivity contribution in [3.63, 3.8) is 0 Å². The van der Waals surface area contributed by atoms with Gasteiger partial charge >= 0.3 is 0 Å². The predicted molar refractivity (Wildman–Crippen MR) is 105 cm³/mol. The maximum absolute atomic E-state index is 13.0. The molecule has 0 radical (unpaired) electrons. The Labute approximate surface area is 160 Å². The second kappa shape index (κ2) is 8.71. The van der Waals surface area contributed by atoms with Crippen molar-refractivity contribution in [3.05, 3.63) is 65.7 Å². The van der Waals surface area contributed by atoms with Crippen molar-refractivity contribution in [1.29, 1.82) is 0 Å². The van der Waals surface area contributed by atoms with Crippen molar-refractivity contribution in [2.24, 2.45) is 5.92 Å². The third-order valence-electron chi connectivity index (χ3n) is 4.76. The summed E-state index contributed by atoms with van der Waals surface area (Å²) in [6.07, 6.45) is 0. The fraction of sp³-hybridized carbons (Fsp3) is 0.364. The Bertz CT molecular complexity index is 781. The smallest absolute Gasteiger partial charge is 0.254 e. The quantitative estimate of drug-likeness (QED) is 0.816. The van der Waals surface area contributed by atoms with Gasteiger partial charge in [0.2, 0.25) is 5.91 Å². The number of piperazine rings is 1. The van der Waals surface area contributed by atoms with Gasteiger partial charge < -0.3 is 14.5 Å². The molecule has 5 nitrogen and oxygen atoms in total. The molecule has 2 amide bonds. The molecule has 3 rings (SSSR count). The number of hydrogen-bond acceptors (Lipinski definition) is 3. The number of hydrogen-bond donors (Lipinski definition) is 0. The molecule has 27 heavy (non-hydrogen) atoms. The number of benzene rings is 2. The molecule has 1 fully saturated rings. The number of nitrogens with zero attached hydrogens (tertiary/aromatic N) is 2. The Kier molecular flexibility index (Phi) is 6.12. The molecule has 1 saturated heterocycles. The predicted octanol–water partition coefficient (Wildman–Crippen LogP) is 3.21. The summed E-state index contributed by atoms with van der Waals surface area (Å²) in [6, 6.07) is 17.1. The van der Waals surface area contributed by atoms with E-state index in [1.807, 2.05) is 78.2 Å². The van der Waals surface area contributed by atoms with Crippen molar-refractivity contribution in [1.82, 2.24) is 9.80 Å². The molecular weight excluding hydrogens is 340 g/mol. The van der Waals surface area contributed by atoms with Crippen LogP contribution in [-0.4, -0.2) is 47.8 Å². The van der Waals surface area contributed by atoms with Crippen LogP contribution in [0, 0.1) is 5.92 Å². The molecule has 1 heterocycles. The van der Waals surface area contributed by atoms with Crippen LogP contribution in [0.2, 0.25) is 0 Å². The zero-order chi connectivity index (χ0) is 19.2. The van der Waals surface area contributed by atoms with Crippen LogP contribution < -0.4 is 4.74 Å². The van der Waals surface area contributed by atoms with Crippen LogP contribution in [0.3, 0.4) is 0 Å². The summed E-state index contributed by atoms with van der Waals surface area (Å²) in [7, 11) is 0. The van der Waals surface area contributed by atoms with Gasteiger partial charge in [0.05, 0.1) is 0 Å². The lowest BCUT2D eigenvalue weighted by molar-refractivity contribution is -0.135. The van der Waals surface area contributed by atoms with E-state index >= 15 is 0 Å². The largest absolute Gasteiger partial charge is 0.489 e. The van der Waals surface area contributed by atoms with Gasteiger partial charge in [-0.05, 0) is 18.2 Å². The number of ether oxygens (including phenoxy) is 1. The summed E-state index contributed by atoms with van der Waals surface area (Å²) < 4.78 is 5.82. The molecule has 0 saturated carbocycles. The summed E-state index contributed by atoms with van der Waals surface area (Å²) in [5, 5.41) is 0. The van der Waals surface area contributed by atoms with Gasteiger partial charge in [0, 0.05) is 43.2 Å². The molecule has 1 aliphatic heterocycles. The minimum absolute atomic E-state index is 0.00101. The minimum atomic E-state index is -0.0110. The van der Waals surface area contributed by atoms with Crippen molar-refractivity contribution in [2.45, 2.75) is 20.5 Å². The summed E-state index contributed by atoms with van der Waals surface area (Å²) >= 11 is 0. The molecule has 2 aromatic carbocycles. The van der Waals surface area contributed by atoms with E-state index in [0.29, 0.717) is 38.3 Å². The van der Waals surface area contributed by atoms with Crippen molar-refractivity contribution in [3.8, 4) is 5.75 Å². The molecule has 1 aliphatic rings. The summed E-state index contributed by atoms with van der Waals surface area (Å²) in [5.41, 5.74) is 1.53. The Hall–Kier alpha value is -2.82. The number of carbonyl (C=O) groups excluding carboxylic acids is 2. The van der Waals surface area contributed by atoms with Gasteiger partial charge in [-0.3, -0.25) is 9.59 Å². The van der Waals surface area contributed by atoms with Crippen LogP contribution >= 0.6 is 0 Å². The number of para-hydroxylation sites is 1. The molecule has 0 aromatic heterocycles. The zero-order valence-electron chi connectivity index (χ0n) is 15.9. The normalized spacial score (nSPS) is 14.3. The van der Waals surface area contributed by atoms with Crippen LogP contribution in [0.1, 0.15) is 29.8 Å². The van der Waals surface area contributed by atoms with E-state index in [1.165, 1.54) is 0 Å². The Balaban J connectivity index is 1.64. The second-order valence-corrected chi connectivity index (χ2v) is 7.03. The van der Waals surface area contributed by atoms with Gasteiger partial charge in [-0.25, -0.2) is 0 Å². The average Bonchev–Trinajstić information content (AvgIpc) is 2.72. The zero-order valence-corrected chi connectivity index (χ0v) is 15.9. The van der Waals surface area contributed by atoms with E-state index in [2.05, 4.69) is 0 Å². The Morgan fingerprint density at radius 1 is 0.889 bits per heavy atom. The van der Waals surface area contributed by atoms with Gasteiger partial charge in [0.1, 0.15) is 12.4 Å². The second-order valence-electron chi connectivity index (χ2n) is 7.03. The first-order valence-corrected chi connectivity index (χ1v) is 9.40. The maximum atomic E-state index is 13.0. The molecule has 0 bridgehead atoms. The molecule has 0 aliphatic carbocycles. The minimum Gasteiger partial charge on any atom is -0.489 e. The standard InChI is InChI=1S/C22H26N2O3/c1-17(2)21(25)23-12-14-24(15-13-23)22(26)20-11-7-6-8-18(20)16-27-19-9-4-3-5-10-19/h3-11,17H,12-16H2,1-2H3. The van der Waals surface area contributed by atoms with Gasteiger partial charge in [-0.15, -0.1) is 0 Å². The van der Waals surface area contributed by atoms with Gasteiger partial charge in [0.15, 0.2) is 0 Å². The van der Waals surface area contributed by atoms with E-state index in [-0.39, 0.29) is 17.7 Å². The molecule has 0 atom stereocenters. The fourth-order valence-electron chi connectivity index (χ4n) is 3.20. The lowest BCUT2D eigenvalue weighted by Crippen LogP contribution is -2.51. The van der Waals surface area contributed by atoms with Crippen molar-refractivity contribution in [2.75, 3.05) is 26.2 Å².